The summed E-state index contributed by atoms with van der Waals surface area (Å²) in [5.41, 5.74) is 9.05. The van der Waals surface area contributed by atoms with E-state index >= 15 is 0 Å². The van der Waals surface area contributed by atoms with Crippen molar-refractivity contribution in [3.05, 3.63) is 63.9 Å². The molecule has 3 rings (SSSR count). The van der Waals surface area contributed by atoms with E-state index in [1.54, 1.807) is 24.1 Å². The van der Waals surface area contributed by atoms with Gasteiger partial charge < -0.3 is 10.6 Å². The number of anilines is 1. The smallest absolute Gasteiger partial charge is 0.231 e. The van der Waals surface area contributed by atoms with Gasteiger partial charge in [-0.15, -0.1) is 0 Å². The lowest BCUT2D eigenvalue weighted by Gasteiger charge is -2.16. The van der Waals surface area contributed by atoms with E-state index in [0.717, 1.165) is 16.8 Å². The fourth-order valence-corrected chi connectivity index (χ4v) is 2.81. The van der Waals surface area contributed by atoms with Crippen molar-refractivity contribution in [2.75, 3.05) is 11.9 Å². The Labute approximate surface area is 127 Å². The number of fused-ring (bicyclic) bond motifs is 1. The van der Waals surface area contributed by atoms with Crippen molar-refractivity contribution in [3.8, 4) is 0 Å². The third kappa shape index (κ3) is 2.30. The topological polar surface area (TPSA) is 46.3 Å². The molecule has 0 spiro atoms. The van der Waals surface area contributed by atoms with Crippen molar-refractivity contribution in [2.24, 2.45) is 5.73 Å². The number of rotatable bonds is 2. The fraction of sp³-hybridized carbons (Fsp3) is 0.188. The molecular weight excluding hydrogens is 291 g/mol. The Kier molecular flexibility index (Phi) is 3.43. The third-order valence-electron chi connectivity index (χ3n) is 3.86. The van der Waals surface area contributed by atoms with Crippen LogP contribution in [0.5, 0.6) is 0 Å². The second kappa shape index (κ2) is 5.13. The van der Waals surface area contributed by atoms with Crippen LogP contribution in [0.1, 0.15) is 22.7 Å². The standard InChI is InChI=1S/C16H14ClFN2O/c1-20-13-6-5-9(7-10(13)8-14(20)21)16(19)11-3-2-4-12(17)15(11)18/h2-7,16H,8,19H2,1H3. The summed E-state index contributed by atoms with van der Waals surface area (Å²) in [7, 11) is 1.74. The molecule has 1 atom stereocenters. The van der Waals surface area contributed by atoms with E-state index in [4.69, 9.17) is 17.3 Å². The Balaban J connectivity index is 2.00. The molecule has 0 saturated heterocycles. The molecule has 1 aliphatic heterocycles. The Morgan fingerprint density at radius 2 is 2.10 bits per heavy atom. The van der Waals surface area contributed by atoms with Gasteiger partial charge in [0.25, 0.3) is 0 Å². The van der Waals surface area contributed by atoms with Crippen LogP contribution >= 0.6 is 11.6 Å². The van der Waals surface area contributed by atoms with Crippen molar-refractivity contribution in [3.63, 3.8) is 0 Å². The first-order chi connectivity index (χ1) is 9.99. The maximum atomic E-state index is 14.1. The molecule has 1 unspecified atom stereocenters. The molecule has 1 aliphatic rings. The molecular formula is C16H14ClFN2O. The minimum atomic E-state index is -0.616. The first-order valence-electron chi connectivity index (χ1n) is 6.58. The molecule has 0 aliphatic carbocycles. The van der Waals surface area contributed by atoms with Crippen molar-refractivity contribution < 1.29 is 9.18 Å². The Bertz CT molecular complexity index is 732. The zero-order valence-electron chi connectivity index (χ0n) is 11.4. The minimum absolute atomic E-state index is 0.0460. The summed E-state index contributed by atoms with van der Waals surface area (Å²) in [5.74, 6) is -0.454. The molecule has 0 radical (unpaired) electrons. The molecule has 0 aromatic heterocycles. The summed E-state index contributed by atoms with van der Waals surface area (Å²) in [4.78, 5) is 13.3. The molecule has 2 aromatic carbocycles. The first-order valence-corrected chi connectivity index (χ1v) is 6.95. The van der Waals surface area contributed by atoms with Gasteiger partial charge in [-0.1, -0.05) is 35.9 Å². The van der Waals surface area contributed by atoms with Crippen LogP contribution in [0.3, 0.4) is 0 Å². The maximum Gasteiger partial charge on any atom is 0.231 e. The van der Waals surface area contributed by atoms with Crippen molar-refractivity contribution in [1.82, 2.24) is 0 Å². The van der Waals surface area contributed by atoms with Gasteiger partial charge in [0, 0.05) is 18.3 Å². The summed E-state index contributed by atoms with van der Waals surface area (Å²) >= 11 is 5.80. The second-order valence-corrected chi connectivity index (χ2v) is 5.55. The van der Waals surface area contributed by atoms with Gasteiger partial charge >= 0.3 is 0 Å². The zero-order valence-corrected chi connectivity index (χ0v) is 12.2. The SMILES string of the molecule is CN1C(=O)Cc2cc(C(N)c3cccc(Cl)c3F)ccc21. The predicted molar refractivity (Wildman–Crippen MR) is 81.0 cm³/mol. The summed E-state index contributed by atoms with van der Waals surface area (Å²) in [6, 6.07) is 9.69. The average Bonchev–Trinajstić information content (AvgIpc) is 2.76. The lowest BCUT2D eigenvalue weighted by atomic mass is 9.96. The lowest BCUT2D eigenvalue weighted by Crippen LogP contribution is -2.20. The molecule has 2 N–H and O–H groups in total. The van der Waals surface area contributed by atoms with Crippen LogP contribution < -0.4 is 10.6 Å². The highest BCUT2D eigenvalue weighted by Gasteiger charge is 2.25. The highest BCUT2D eigenvalue weighted by Crippen LogP contribution is 2.32. The normalized spacial score (nSPS) is 15.2. The summed E-state index contributed by atoms with van der Waals surface area (Å²) in [5, 5.41) is 0.0546. The van der Waals surface area contributed by atoms with Crippen LogP contribution in [-0.2, 0) is 11.2 Å². The Morgan fingerprint density at radius 1 is 1.33 bits per heavy atom. The molecule has 108 valence electrons. The van der Waals surface area contributed by atoms with E-state index in [1.807, 2.05) is 18.2 Å². The number of carbonyl (C=O) groups is 1. The van der Waals surface area contributed by atoms with Crippen molar-refractivity contribution in [2.45, 2.75) is 12.5 Å². The third-order valence-corrected chi connectivity index (χ3v) is 4.15. The zero-order chi connectivity index (χ0) is 15.1. The van der Waals surface area contributed by atoms with Gasteiger partial charge in [0.2, 0.25) is 5.91 Å². The lowest BCUT2D eigenvalue weighted by molar-refractivity contribution is -0.117. The number of hydrogen-bond donors (Lipinski definition) is 1. The molecule has 21 heavy (non-hydrogen) atoms. The second-order valence-electron chi connectivity index (χ2n) is 5.14. The number of carbonyl (C=O) groups excluding carboxylic acids is 1. The molecule has 1 amide bonds. The largest absolute Gasteiger partial charge is 0.320 e. The van der Waals surface area contributed by atoms with Gasteiger partial charge in [-0.05, 0) is 23.3 Å². The number of nitrogens with two attached hydrogens (primary N) is 1. The number of amides is 1. The van der Waals surface area contributed by atoms with Crippen LogP contribution in [-0.4, -0.2) is 13.0 Å². The first kappa shape index (κ1) is 14.0. The number of halogens is 2. The Hall–Kier alpha value is -1.91. The molecule has 0 fully saturated rings. The monoisotopic (exact) mass is 304 g/mol. The molecule has 1 heterocycles. The predicted octanol–water partition coefficient (Wildman–Crippen LogP) is 3.05. The fourth-order valence-electron chi connectivity index (χ4n) is 2.62. The van der Waals surface area contributed by atoms with Crippen LogP contribution in [0, 0.1) is 5.82 Å². The summed E-state index contributed by atoms with van der Waals surface area (Å²) < 4.78 is 14.1. The Morgan fingerprint density at radius 3 is 2.86 bits per heavy atom. The van der Waals surface area contributed by atoms with Gasteiger partial charge in [-0.25, -0.2) is 4.39 Å². The number of likely N-dealkylation sites (N-methyl/N-ethyl adjacent to an activating group) is 1. The highest BCUT2D eigenvalue weighted by molar-refractivity contribution is 6.30. The van der Waals surface area contributed by atoms with E-state index in [-0.39, 0.29) is 10.9 Å². The van der Waals surface area contributed by atoms with Gasteiger partial charge in [0.1, 0.15) is 5.82 Å². The molecule has 0 saturated carbocycles. The minimum Gasteiger partial charge on any atom is -0.320 e. The quantitative estimate of drug-likeness (QED) is 0.927. The summed E-state index contributed by atoms with van der Waals surface area (Å²) in [6.45, 7) is 0. The van der Waals surface area contributed by atoms with Crippen LogP contribution in [0.2, 0.25) is 5.02 Å². The van der Waals surface area contributed by atoms with Gasteiger partial charge in [-0.3, -0.25) is 4.79 Å². The number of nitrogens with zero attached hydrogens (tertiary/aromatic N) is 1. The average molecular weight is 305 g/mol. The van der Waals surface area contributed by atoms with Gasteiger partial charge in [0.05, 0.1) is 17.5 Å². The highest BCUT2D eigenvalue weighted by atomic mass is 35.5. The van der Waals surface area contributed by atoms with Crippen molar-refractivity contribution in [1.29, 1.82) is 0 Å². The van der Waals surface area contributed by atoms with E-state index in [2.05, 4.69) is 0 Å². The van der Waals surface area contributed by atoms with E-state index in [1.165, 1.54) is 6.07 Å². The van der Waals surface area contributed by atoms with E-state index in [0.29, 0.717) is 12.0 Å². The van der Waals surface area contributed by atoms with Crippen LogP contribution in [0.25, 0.3) is 0 Å². The molecule has 5 heteroatoms. The molecule has 0 bridgehead atoms. The van der Waals surface area contributed by atoms with Gasteiger partial charge in [-0.2, -0.15) is 0 Å². The number of benzene rings is 2. The van der Waals surface area contributed by atoms with E-state index in [9.17, 15) is 9.18 Å². The van der Waals surface area contributed by atoms with E-state index < -0.39 is 11.9 Å². The summed E-state index contributed by atoms with van der Waals surface area (Å²) in [6.07, 6.45) is 0.352. The van der Waals surface area contributed by atoms with Crippen molar-refractivity contribution >= 4 is 23.2 Å². The van der Waals surface area contributed by atoms with Crippen LogP contribution in [0.4, 0.5) is 10.1 Å². The van der Waals surface area contributed by atoms with Crippen LogP contribution in [0.15, 0.2) is 36.4 Å². The number of hydrogen-bond acceptors (Lipinski definition) is 2. The maximum absolute atomic E-state index is 14.1. The molecule has 2 aromatic rings. The molecule has 3 nitrogen and oxygen atoms in total. The van der Waals surface area contributed by atoms with Gasteiger partial charge in [0.15, 0.2) is 0 Å².